The lowest BCUT2D eigenvalue weighted by Gasteiger charge is -2.30. The van der Waals surface area contributed by atoms with E-state index in [0.29, 0.717) is 36.1 Å². The van der Waals surface area contributed by atoms with Crippen LogP contribution in [0.3, 0.4) is 0 Å². The third-order valence-electron chi connectivity index (χ3n) is 8.64. The molecule has 1 unspecified atom stereocenters. The van der Waals surface area contributed by atoms with Gasteiger partial charge in [0.15, 0.2) is 0 Å². The fourth-order valence-corrected chi connectivity index (χ4v) is 6.28. The Morgan fingerprint density at radius 1 is 1.02 bits per heavy atom. The lowest BCUT2D eigenvalue weighted by molar-refractivity contribution is 0.0687. The number of likely N-dealkylation sites (N-methyl/N-ethyl adjacent to an activating group) is 1. The number of rotatable bonds is 8. The van der Waals surface area contributed by atoms with Gasteiger partial charge in [0.1, 0.15) is 11.5 Å². The van der Waals surface area contributed by atoms with Crippen LogP contribution < -0.4 is 16.2 Å². The van der Waals surface area contributed by atoms with E-state index in [-0.39, 0.29) is 5.56 Å². The first-order valence-electron chi connectivity index (χ1n) is 14.9. The highest BCUT2D eigenvalue weighted by Gasteiger charge is 2.29. The molecule has 1 aliphatic carbocycles. The van der Waals surface area contributed by atoms with Crippen molar-refractivity contribution in [3.63, 3.8) is 0 Å². The number of anilines is 3. The molecule has 10 heteroatoms. The Morgan fingerprint density at radius 2 is 1.83 bits per heavy atom. The molecule has 4 aromatic rings. The Labute approximate surface area is 239 Å². The molecule has 3 fully saturated rings. The topological polar surface area (TPSA) is 102 Å². The van der Waals surface area contributed by atoms with Crippen LogP contribution in [0.25, 0.3) is 11.0 Å². The first kappa shape index (κ1) is 26.2. The molecule has 1 atom stereocenters. The minimum atomic E-state index is 0.0231. The molecule has 3 aliphatic rings. The third kappa shape index (κ3) is 5.71. The smallest absolute Gasteiger partial charge is 0.256 e. The zero-order valence-corrected chi connectivity index (χ0v) is 23.6. The first-order chi connectivity index (χ1) is 20.1. The normalized spacial score (nSPS) is 20.4. The Hall–Kier alpha value is -3.76. The predicted octanol–water partition coefficient (Wildman–Crippen LogP) is 4.51. The van der Waals surface area contributed by atoms with E-state index >= 15 is 0 Å². The highest BCUT2D eigenvalue weighted by molar-refractivity contribution is 5.77. The summed E-state index contributed by atoms with van der Waals surface area (Å²) in [5.41, 5.74) is 3.51. The van der Waals surface area contributed by atoms with E-state index in [2.05, 4.69) is 49.2 Å². The van der Waals surface area contributed by atoms with Crippen molar-refractivity contribution in [3.05, 3.63) is 70.7 Å². The summed E-state index contributed by atoms with van der Waals surface area (Å²) in [6, 6.07) is 11.0. The molecule has 0 amide bonds. The number of hydrogen-bond acceptors (Lipinski definition) is 8. The van der Waals surface area contributed by atoms with Crippen molar-refractivity contribution in [2.75, 3.05) is 44.0 Å². The second-order valence-electron chi connectivity index (χ2n) is 11.8. The highest BCUT2D eigenvalue weighted by Crippen LogP contribution is 2.39. The van der Waals surface area contributed by atoms with E-state index in [4.69, 9.17) is 9.72 Å². The molecule has 1 aromatic carbocycles. The van der Waals surface area contributed by atoms with Crippen molar-refractivity contribution in [1.82, 2.24) is 29.0 Å². The van der Waals surface area contributed by atoms with Gasteiger partial charge in [-0.2, -0.15) is 4.98 Å². The summed E-state index contributed by atoms with van der Waals surface area (Å²) < 4.78 is 9.58. The molecule has 3 aromatic heterocycles. The number of benzene rings is 1. The molecule has 2 aliphatic heterocycles. The second kappa shape index (κ2) is 11.3. The molecule has 0 radical (unpaired) electrons. The van der Waals surface area contributed by atoms with Crippen LogP contribution in [0, 0.1) is 0 Å². The lowest BCUT2D eigenvalue weighted by atomic mass is 10.1. The molecule has 2 saturated heterocycles. The van der Waals surface area contributed by atoms with Gasteiger partial charge in [-0.05, 0) is 88.4 Å². The number of aromatic nitrogens is 5. The molecule has 41 heavy (non-hydrogen) atoms. The lowest BCUT2D eigenvalue weighted by Crippen LogP contribution is -2.39. The van der Waals surface area contributed by atoms with E-state index in [1.54, 1.807) is 4.57 Å². The van der Waals surface area contributed by atoms with Gasteiger partial charge in [-0.1, -0.05) is 0 Å². The second-order valence-corrected chi connectivity index (χ2v) is 11.8. The van der Waals surface area contributed by atoms with Gasteiger partial charge in [-0.15, -0.1) is 0 Å². The zero-order valence-electron chi connectivity index (χ0n) is 23.6. The zero-order chi connectivity index (χ0) is 27.8. The maximum atomic E-state index is 13.8. The average molecular weight is 555 g/mol. The summed E-state index contributed by atoms with van der Waals surface area (Å²) in [4.78, 5) is 30.3. The minimum Gasteiger partial charge on any atom is -0.381 e. The van der Waals surface area contributed by atoms with E-state index in [0.717, 1.165) is 73.6 Å². The van der Waals surface area contributed by atoms with Crippen molar-refractivity contribution >= 4 is 28.4 Å². The largest absolute Gasteiger partial charge is 0.381 e. The van der Waals surface area contributed by atoms with Crippen LogP contribution in [0.1, 0.15) is 61.9 Å². The van der Waals surface area contributed by atoms with Crippen molar-refractivity contribution in [2.45, 2.75) is 63.1 Å². The number of ether oxygens (including phenoxy) is 1. The molecule has 5 heterocycles. The van der Waals surface area contributed by atoms with Crippen molar-refractivity contribution in [2.24, 2.45) is 0 Å². The van der Waals surface area contributed by atoms with Crippen LogP contribution in [0.15, 0.2) is 53.7 Å². The van der Waals surface area contributed by atoms with Crippen molar-refractivity contribution in [3.8, 4) is 0 Å². The van der Waals surface area contributed by atoms with E-state index in [9.17, 15) is 4.79 Å². The van der Waals surface area contributed by atoms with Crippen molar-refractivity contribution in [1.29, 1.82) is 0 Å². The van der Waals surface area contributed by atoms with Crippen LogP contribution in [0.2, 0.25) is 0 Å². The number of pyridine rings is 1. The quantitative estimate of drug-likeness (QED) is 0.328. The summed E-state index contributed by atoms with van der Waals surface area (Å²) >= 11 is 0. The SMILES string of the molecule is CN1CCCC(Nc2ccc(Nc3ncc4cc(C5CC5)c(=O)n(Cc5nccn5C5CCOCC5)c4n3)cc2)C1. The number of likely N-dealkylation sites (tertiary alicyclic amines) is 1. The molecular weight excluding hydrogens is 516 g/mol. The number of piperidine rings is 1. The van der Waals surface area contributed by atoms with Gasteiger partial charge in [0, 0.05) is 72.8 Å². The summed E-state index contributed by atoms with van der Waals surface area (Å²) in [5, 5.41) is 7.87. The van der Waals surface area contributed by atoms with Gasteiger partial charge in [-0.3, -0.25) is 9.36 Å². The average Bonchev–Trinajstić information content (AvgIpc) is 3.73. The van der Waals surface area contributed by atoms with Crippen LogP contribution in [-0.4, -0.2) is 68.4 Å². The van der Waals surface area contributed by atoms with Crippen LogP contribution in [0.4, 0.5) is 17.3 Å². The number of hydrogen-bond donors (Lipinski definition) is 2. The van der Waals surface area contributed by atoms with Crippen LogP contribution in [0.5, 0.6) is 0 Å². The molecule has 0 spiro atoms. The van der Waals surface area contributed by atoms with E-state index in [1.165, 1.54) is 19.4 Å². The minimum absolute atomic E-state index is 0.0231. The van der Waals surface area contributed by atoms with Gasteiger partial charge in [-0.25, -0.2) is 9.97 Å². The third-order valence-corrected chi connectivity index (χ3v) is 8.64. The molecule has 0 bridgehead atoms. The Balaban J connectivity index is 1.16. The van der Waals surface area contributed by atoms with Crippen LogP contribution in [-0.2, 0) is 11.3 Å². The van der Waals surface area contributed by atoms with Gasteiger partial charge in [0.05, 0.1) is 6.54 Å². The molecule has 7 rings (SSSR count). The number of imidazole rings is 1. The maximum Gasteiger partial charge on any atom is 0.256 e. The summed E-state index contributed by atoms with van der Waals surface area (Å²) in [6.07, 6.45) is 12.1. The Kier molecular flexibility index (Phi) is 7.18. The fourth-order valence-electron chi connectivity index (χ4n) is 6.28. The molecule has 214 valence electrons. The monoisotopic (exact) mass is 554 g/mol. The number of fused-ring (bicyclic) bond motifs is 1. The van der Waals surface area contributed by atoms with Crippen molar-refractivity contribution < 1.29 is 4.74 Å². The fraction of sp³-hybridized carbons (Fsp3) is 0.484. The molecule has 10 nitrogen and oxygen atoms in total. The Morgan fingerprint density at radius 3 is 2.61 bits per heavy atom. The standard InChI is InChI=1S/C31H38N8O2/c1-37-13-2-3-25(19-37)34-23-6-8-24(9-7-23)35-31-33-18-22-17-27(21-4-5-21)30(40)39(29(22)36-31)20-28-32-12-14-38(28)26-10-15-41-16-11-26/h6-9,12,14,17-18,21,25-26,34H,2-5,10-11,13,15-16,19-20H2,1H3,(H,33,35,36). The molecular formula is C31H38N8O2. The number of nitrogens with one attached hydrogen (secondary N) is 2. The maximum absolute atomic E-state index is 13.8. The predicted molar refractivity (Wildman–Crippen MR) is 160 cm³/mol. The van der Waals surface area contributed by atoms with Gasteiger partial charge in [0.2, 0.25) is 5.95 Å². The Bertz CT molecular complexity index is 1570. The summed E-state index contributed by atoms with van der Waals surface area (Å²) in [5.74, 6) is 1.66. The van der Waals surface area contributed by atoms with Gasteiger partial charge < -0.3 is 24.8 Å². The molecule has 2 N–H and O–H groups in total. The van der Waals surface area contributed by atoms with Gasteiger partial charge >= 0.3 is 0 Å². The first-order valence-corrected chi connectivity index (χ1v) is 14.9. The van der Waals surface area contributed by atoms with Crippen LogP contribution >= 0.6 is 0 Å². The summed E-state index contributed by atoms with van der Waals surface area (Å²) in [6.45, 7) is 4.10. The van der Waals surface area contributed by atoms with E-state index in [1.807, 2.05) is 36.8 Å². The number of nitrogens with zero attached hydrogens (tertiary/aromatic N) is 6. The summed E-state index contributed by atoms with van der Waals surface area (Å²) in [7, 11) is 2.18. The van der Waals surface area contributed by atoms with Gasteiger partial charge in [0.25, 0.3) is 5.56 Å². The molecule has 1 saturated carbocycles. The van der Waals surface area contributed by atoms with E-state index < -0.39 is 0 Å². The highest BCUT2D eigenvalue weighted by atomic mass is 16.5.